The molecule has 3 aromatic carbocycles. The fraction of sp³-hybridized carbons (Fsp3) is 0. The second-order valence-corrected chi connectivity index (χ2v) is 4.75. The first kappa shape index (κ1) is 11.0. The molecule has 0 aliphatic heterocycles. The first-order valence-corrected chi connectivity index (χ1v) is 6.27. The summed E-state index contributed by atoms with van der Waals surface area (Å²) in [4.78, 5) is 19.3. The van der Waals surface area contributed by atoms with Gasteiger partial charge in [0.15, 0.2) is 5.43 Å². The van der Waals surface area contributed by atoms with Gasteiger partial charge in [0.05, 0.1) is 22.1 Å². The molecular weight excluding hydrogens is 252 g/mol. The van der Waals surface area contributed by atoms with E-state index in [-0.39, 0.29) is 11.2 Å². The van der Waals surface area contributed by atoms with Crippen molar-refractivity contribution in [1.29, 1.82) is 0 Å². The molecule has 0 aliphatic rings. The molecule has 20 heavy (non-hydrogen) atoms. The molecule has 0 aliphatic carbocycles. The van der Waals surface area contributed by atoms with Gasteiger partial charge in [0.1, 0.15) is 5.75 Å². The molecule has 0 amide bonds. The maximum absolute atomic E-state index is 11.4. The fourth-order valence-electron chi connectivity index (χ4n) is 2.53. The Morgan fingerprint density at radius 3 is 2.70 bits per heavy atom. The van der Waals surface area contributed by atoms with Crippen molar-refractivity contribution in [2.24, 2.45) is 0 Å². The minimum Gasteiger partial charge on any atom is -0.507 e. The molecule has 0 fully saturated rings. The number of hydrogen-bond donors (Lipinski definition) is 2. The zero-order valence-corrected chi connectivity index (χ0v) is 10.4. The van der Waals surface area contributed by atoms with Crippen LogP contribution >= 0.6 is 0 Å². The van der Waals surface area contributed by atoms with E-state index in [1.165, 1.54) is 12.1 Å². The zero-order valence-electron chi connectivity index (χ0n) is 10.4. The van der Waals surface area contributed by atoms with Gasteiger partial charge in [-0.25, -0.2) is 4.98 Å². The molecular formula is C16H10N2O2. The largest absolute Gasteiger partial charge is 0.507 e. The molecule has 0 spiro atoms. The number of aromatic hydroxyl groups is 1. The number of hydrogen-bond acceptors (Lipinski definition) is 3. The van der Waals surface area contributed by atoms with Gasteiger partial charge < -0.3 is 10.1 Å². The number of para-hydroxylation sites is 2. The average molecular weight is 262 g/mol. The summed E-state index contributed by atoms with van der Waals surface area (Å²) in [5.41, 5.74) is 3.11. The Kier molecular flexibility index (Phi) is 2.09. The minimum atomic E-state index is -0.124. The Balaban J connectivity index is 2.29. The SMILES string of the molecule is O=c1ccc2c(c1)c(O)cc1nc3ccccc3[nH]c12. The second-order valence-electron chi connectivity index (χ2n) is 4.75. The highest BCUT2D eigenvalue weighted by atomic mass is 16.3. The first-order chi connectivity index (χ1) is 9.72. The third-order valence-corrected chi connectivity index (χ3v) is 3.47. The summed E-state index contributed by atoms with van der Waals surface area (Å²) in [5, 5.41) is 11.4. The van der Waals surface area contributed by atoms with Crippen LogP contribution in [0.25, 0.3) is 32.8 Å². The number of benzene rings is 3. The minimum absolute atomic E-state index is 0.0707. The molecule has 4 rings (SSSR count). The third-order valence-electron chi connectivity index (χ3n) is 3.47. The normalized spacial score (nSPS) is 11.4. The number of nitrogens with one attached hydrogen (secondary N) is 1. The van der Waals surface area contributed by atoms with Gasteiger partial charge >= 0.3 is 0 Å². The Labute approximate surface area is 113 Å². The van der Waals surface area contributed by atoms with E-state index < -0.39 is 0 Å². The second kappa shape index (κ2) is 3.81. The van der Waals surface area contributed by atoms with Crippen LogP contribution in [0.5, 0.6) is 5.75 Å². The average Bonchev–Trinajstić information content (AvgIpc) is 2.46. The van der Waals surface area contributed by atoms with Gasteiger partial charge in [-0.15, -0.1) is 0 Å². The Morgan fingerprint density at radius 2 is 1.80 bits per heavy atom. The summed E-state index contributed by atoms with van der Waals surface area (Å²) in [5.74, 6) is 0.0707. The lowest BCUT2D eigenvalue weighted by Gasteiger charge is -2.07. The maximum Gasteiger partial charge on any atom is 0.179 e. The van der Waals surface area contributed by atoms with Crippen molar-refractivity contribution in [3.63, 3.8) is 0 Å². The van der Waals surface area contributed by atoms with Crippen molar-refractivity contribution in [3.8, 4) is 5.75 Å². The van der Waals surface area contributed by atoms with E-state index in [1.54, 1.807) is 12.1 Å². The Morgan fingerprint density at radius 1 is 0.950 bits per heavy atom. The first-order valence-electron chi connectivity index (χ1n) is 6.27. The Hall–Kier alpha value is -2.88. The van der Waals surface area contributed by atoms with Gasteiger partial charge in [-0.3, -0.25) is 4.79 Å². The predicted molar refractivity (Wildman–Crippen MR) is 79.0 cm³/mol. The summed E-state index contributed by atoms with van der Waals surface area (Å²) in [7, 11) is 0. The lowest BCUT2D eigenvalue weighted by Crippen LogP contribution is -1.96. The van der Waals surface area contributed by atoms with E-state index >= 15 is 0 Å². The number of aromatic amines is 1. The molecule has 1 heterocycles. The molecule has 1 aromatic heterocycles. The number of fused-ring (bicyclic) bond motifs is 4. The van der Waals surface area contributed by atoms with E-state index in [9.17, 15) is 9.90 Å². The summed E-state index contributed by atoms with van der Waals surface area (Å²) in [6.45, 7) is 0. The molecule has 4 nitrogen and oxygen atoms in total. The van der Waals surface area contributed by atoms with Crippen LogP contribution in [-0.4, -0.2) is 15.1 Å². The highest BCUT2D eigenvalue weighted by Gasteiger charge is 2.08. The van der Waals surface area contributed by atoms with Crippen molar-refractivity contribution >= 4 is 32.8 Å². The van der Waals surface area contributed by atoms with Crippen LogP contribution in [0.1, 0.15) is 0 Å². The van der Waals surface area contributed by atoms with Crippen LogP contribution in [0.3, 0.4) is 0 Å². The van der Waals surface area contributed by atoms with Crippen molar-refractivity contribution in [1.82, 2.24) is 9.97 Å². The maximum atomic E-state index is 11.4. The molecule has 0 radical (unpaired) electrons. The zero-order chi connectivity index (χ0) is 13.7. The van der Waals surface area contributed by atoms with Crippen molar-refractivity contribution in [3.05, 3.63) is 58.8 Å². The molecule has 2 N–H and O–H groups in total. The highest BCUT2D eigenvalue weighted by molar-refractivity contribution is 6.08. The van der Waals surface area contributed by atoms with Crippen LogP contribution in [0.15, 0.2) is 53.3 Å². The fourth-order valence-corrected chi connectivity index (χ4v) is 2.53. The van der Waals surface area contributed by atoms with E-state index in [0.717, 1.165) is 21.9 Å². The molecule has 4 heteroatoms. The summed E-state index contributed by atoms with van der Waals surface area (Å²) >= 11 is 0. The number of H-pyrrole nitrogens is 1. The van der Waals surface area contributed by atoms with E-state index in [2.05, 4.69) is 9.97 Å². The van der Waals surface area contributed by atoms with Gasteiger partial charge in [0.25, 0.3) is 0 Å². The third kappa shape index (κ3) is 1.48. The standard InChI is InChI=1S/C16H10N2O2/c19-9-5-6-10-11(7-9)15(20)8-14-16(10)18-13-4-2-1-3-12(13)17-14/h1-8,18,20H. The lowest BCUT2D eigenvalue weighted by atomic mass is 10.1. The van der Waals surface area contributed by atoms with Gasteiger partial charge in [-0.05, 0) is 30.3 Å². The van der Waals surface area contributed by atoms with Crippen LogP contribution in [0.4, 0.5) is 0 Å². The predicted octanol–water partition coefficient (Wildman–Crippen LogP) is 2.94. The van der Waals surface area contributed by atoms with Crippen LogP contribution < -0.4 is 5.43 Å². The van der Waals surface area contributed by atoms with Gasteiger partial charge in [0, 0.05) is 16.8 Å². The lowest BCUT2D eigenvalue weighted by molar-refractivity contribution is 0.482. The van der Waals surface area contributed by atoms with Gasteiger partial charge in [0.2, 0.25) is 0 Å². The summed E-state index contributed by atoms with van der Waals surface area (Å²) < 4.78 is 0. The number of aromatic nitrogens is 2. The molecule has 96 valence electrons. The molecule has 4 aromatic rings. The number of rotatable bonds is 0. The Bertz CT molecular complexity index is 1030. The number of phenols is 1. The van der Waals surface area contributed by atoms with E-state index in [0.29, 0.717) is 10.9 Å². The quantitative estimate of drug-likeness (QED) is 0.378. The van der Waals surface area contributed by atoms with Crippen molar-refractivity contribution in [2.75, 3.05) is 0 Å². The number of phenolic OH excluding ortho intramolecular Hbond substituents is 1. The van der Waals surface area contributed by atoms with Crippen LogP contribution in [0, 0.1) is 0 Å². The van der Waals surface area contributed by atoms with Gasteiger partial charge in [-0.2, -0.15) is 0 Å². The highest BCUT2D eigenvalue weighted by Crippen LogP contribution is 2.30. The molecule has 0 bridgehead atoms. The number of nitrogens with zero attached hydrogens (tertiary/aromatic N) is 1. The van der Waals surface area contributed by atoms with Crippen molar-refractivity contribution < 1.29 is 5.11 Å². The van der Waals surface area contributed by atoms with Gasteiger partial charge in [-0.1, -0.05) is 12.1 Å². The summed E-state index contributed by atoms with van der Waals surface area (Å²) in [6.07, 6.45) is 0. The molecule has 0 atom stereocenters. The van der Waals surface area contributed by atoms with E-state index in [4.69, 9.17) is 0 Å². The molecule has 0 unspecified atom stereocenters. The van der Waals surface area contributed by atoms with E-state index in [1.807, 2.05) is 24.3 Å². The smallest absolute Gasteiger partial charge is 0.179 e. The molecule has 0 saturated heterocycles. The summed E-state index contributed by atoms with van der Waals surface area (Å²) in [6, 6.07) is 13.9. The topological polar surface area (TPSA) is 66.0 Å². The monoisotopic (exact) mass is 262 g/mol. The van der Waals surface area contributed by atoms with Crippen LogP contribution in [-0.2, 0) is 0 Å². The van der Waals surface area contributed by atoms with Crippen LogP contribution in [0.2, 0.25) is 0 Å². The molecule has 0 saturated carbocycles. The van der Waals surface area contributed by atoms with Crippen molar-refractivity contribution in [2.45, 2.75) is 0 Å².